The summed E-state index contributed by atoms with van der Waals surface area (Å²) in [5, 5.41) is 8.92. The zero-order valence-electron chi connectivity index (χ0n) is 23.9. The third-order valence-corrected chi connectivity index (χ3v) is 8.83. The molecule has 216 valence electrons. The maximum absolute atomic E-state index is 14.4. The third-order valence-electron chi connectivity index (χ3n) is 8.83. The highest BCUT2D eigenvalue weighted by atomic mass is 16.5. The van der Waals surface area contributed by atoms with Crippen molar-refractivity contribution in [3.63, 3.8) is 0 Å². The standard InChI is InChI=1S/C35H42N2O4/c38-33(39)18-11-27-41-32-17-8-7-16-31(32)28-19-24-36(25-20-28)26-21-35(29-12-3-1-4-13-29,30-14-5-2-6-15-30)34(40)37-22-9-10-23-37/h1-8,12-17,28H,9-11,18-27H2,(H,38,39). The number of carbonyl (C=O) groups excluding carboxylic acids is 1. The first-order valence-corrected chi connectivity index (χ1v) is 15.1. The molecule has 0 unspecified atom stereocenters. The van der Waals surface area contributed by atoms with Crippen molar-refractivity contribution < 1.29 is 19.4 Å². The number of hydrogen-bond acceptors (Lipinski definition) is 4. The van der Waals surface area contributed by atoms with E-state index in [-0.39, 0.29) is 12.3 Å². The number of amides is 1. The maximum Gasteiger partial charge on any atom is 0.303 e. The van der Waals surface area contributed by atoms with Gasteiger partial charge in [0.2, 0.25) is 5.91 Å². The van der Waals surface area contributed by atoms with E-state index < -0.39 is 11.4 Å². The molecule has 2 heterocycles. The molecule has 0 saturated carbocycles. The summed E-state index contributed by atoms with van der Waals surface area (Å²) < 4.78 is 6.01. The Bertz CT molecular complexity index is 1230. The van der Waals surface area contributed by atoms with Crippen molar-refractivity contribution >= 4 is 11.9 Å². The van der Waals surface area contributed by atoms with E-state index in [4.69, 9.17) is 9.84 Å². The lowest BCUT2D eigenvalue weighted by molar-refractivity contribution is -0.137. The van der Waals surface area contributed by atoms with Crippen LogP contribution in [0.25, 0.3) is 0 Å². The predicted octanol–water partition coefficient (Wildman–Crippen LogP) is 6.11. The second kappa shape index (κ2) is 13.8. The number of carbonyl (C=O) groups is 2. The van der Waals surface area contributed by atoms with Crippen molar-refractivity contribution in [1.29, 1.82) is 0 Å². The number of benzene rings is 3. The summed E-state index contributed by atoms with van der Waals surface area (Å²) in [4.78, 5) is 29.9. The molecule has 41 heavy (non-hydrogen) atoms. The first-order chi connectivity index (χ1) is 20.1. The second-order valence-corrected chi connectivity index (χ2v) is 11.4. The number of rotatable bonds is 12. The molecular formula is C35H42N2O4. The molecule has 6 nitrogen and oxygen atoms in total. The van der Waals surface area contributed by atoms with Gasteiger partial charge in [0.15, 0.2) is 0 Å². The van der Waals surface area contributed by atoms with Gasteiger partial charge in [0.1, 0.15) is 11.2 Å². The van der Waals surface area contributed by atoms with Gasteiger partial charge in [-0.15, -0.1) is 0 Å². The fourth-order valence-electron chi connectivity index (χ4n) is 6.59. The Morgan fingerprint density at radius 1 is 0.805 bits per heavy atom. The average molecular weight is 555 g/mol. The van der Waals surface area contributed by atoms with Gasteiger partial charge in [0.05, 0.1) is 6.61 Å². The number of carboxylic acids is 1. The second-order valence-electron chi connectivity index (χ2n) is 11.4. The molecule has 1 amide bonds. The van der Waals surface area contributed by atoms with Gasteiger partial charge in [-0.1, -0.05) is 78.9 Å². The van der Waals surface area contributed by atoms with Crippen LogP contribution in [0.15, 0.2) is 84.9 Å². The summed E-state index contributed by atoms with van der Waals surface area (Å²) in [6.07, 6.45) is 5.56. The zero-order valence-corrected chi connectivity index (χ0v) is 23.9. The van der Waals surface area contributed by atoms with Gasteiger partial charge in [0.25, 0.3) is 0 Å². The third kappa shape index (κ3) is 6.82. The largest absolute Gasteiger partial charge is 0.493 e. The molecule has 6 heteroatoms. The van der Waals surface area contributed by atoms with Crippen LogP contribution in [0.2, 0.25) is 0 Å². The molecule has 2 aliphatic rings. The van der Waals surface area contributed by atoms with Gasteiger partial charge in [-0.2, -0.15) is 0 Å². The number of piperidine rings is 1. The van der Waals surface area contributed by atoms with Crippen molar-refractivity contribution in [3.05, 3.63) is 102 Å². The quantitative estimate of drug-likeness (QED) is 0.274. The van der Waals surface area contributed by atoms with Crippen LogP contribution in [0.5, 0.6) is 5.75 Å². The molecule has 3 aromatic carbocycles. The smallest absolute Gasteiger partial charge is 0.303 e. The fraction of sp³-hybridized carbons (Fsp3) is 0.429. The Morgan fingerprint density at radius 3 is 2.00 bits per heavy atom. The minimum Gasteiger partial charge on any atom is -0.493 e. The van der Waals surface area contributed by atoms with E-state index in [9.17, 15) is 9.59 Å². The summed E-state index contributed by atoms with van der Waals surface area (Å²) in [5.74, 6) is 0.720. The number of hydrogen-bond donors (Lipinski definition) is 1. The highest BCUT2D eigenvalue weighted by Gasteiger charge is 2.45. The number of ether oxygens (including phenoxy) is 1. The number of carboxylic acid groups (broad SMARTS) is 1. The van der Waals surface area contributed by atoms with Crippen LogP contribution >= 0.6 is 0 Å². The molecule has 0 bridgehead atoms. The SMILES string of the molecule is O=C(O)CCCOc1ccccc1C1CCN(CCC(C(=O)N2CCCC2)(c2ccccc2)c2ccccc2)CC1. The molecule has 5 rings (SSSR count). The first kappa shape index (κ1) is 28.9. The average Bonchev–Trinajstić information content (AvgIpc) is 3.56. The van der Waals surface area contributed by atoms with Gasteiger partial charge < -0.3 is 19.6 Å². The summed E-state index contributed by atoms with van der Waals surface area (Å²) >= 11 is 0. The van der Waals surface area contributed by atoms with Crippen LogP contribution in [0.3, 0.4) is 0 Å². The number of likely N-dealkylation sites (tertiary alicyclic amines) is 2. The van der Waals surface area contributed by atoms with Crippen molar-refractivity contribution in [2.45, 2.75) is 56.3 Å². The lowest BCUT2D eigenvalue weighted by atomic mass is 9.70. The Morgan fingerprint density at radius 2 is 1.39 bits per heavy atom. The molecular weight excluding hydrogens is 512 g/mol. The molecule has 0 aromatic heterocycles. The fourth-order valence-corrected chi connectivity index (χ4v) is 6.59. The highest BCUT2D eigenvalue weighted by molar-refractivity contribution is 5.92. The van der Waals surface area contributed by atoms with Gasteiger partial charge in [0, 0.05) is 19.5 Å². The van der Waals surface area contributed by atoms with E-state index >= 15 is 0 Å². The lowest BCUT2D eigenvalue weighted by Gasteiger charge is -2.40. The van der Waals surface area contributed by atoms with Crippen LogP contribution < -0.4 is 4.74 Å². The Labute approximate surface area is 243 Å². The van der Waals surface area contributed by atoms with Crippen molar-refractivity contribution in [2.75, 3.05) is 39.3 Å². The molecule has 2 aliphatic heterocycles. The highest BCUT2D eigenvalue weighted by Crippen LogP contribution is 2.40. The van der Waals surface area contributed by atoms with E-state index in [2.05, 4.69) is 70.5 Å². The topological polar surface area (TPSA) is 70.1 Å². The zero-order chi connectivity index (χ0) is 28.5. The lowest BCUT2D eigenvalue weighted by Crippen LogP contribution is -2.49. The molecule has 0 radical (unpaired) electrons. The molecule has 2 fully saturated rings. The molecule has 1 N–H and O–H groups in total. The van der Waals surface area contributed by atoms with Gasteiger partial charge in [-0.05, 0) is 86.8 Å². The Kier molecular flexibility index (Phi) is 9.73. The van der Waals surface area contributed by atoms with Crippen LogP contribution in [0, 0.1) is 0 Å². The van der Waals surface area contributed by atoms with Crippen LogP contribution in [0.4, 0.5) is 0 Å². The minimum atomic E-state index is -0.792. The van der Waals surface area contributed by atoms with Crippen LogP contribution in [0.1, 0.15) is 67.6 Å². The minimum absolute atomic E-state index is 0.119. The Hall–Kier alpha value is -3.64. The van der Waals surface area contributed by atoms with Gasteiger partial charge in [-0.3, -0.25) is 9.59 Å². The van der Waals surface area contributed by atoms with Crippen molar-refractivity contribution in [3.8, 4) is 5.75 Å². The van der Waals surface area contributed by atoms with E-state index in [1.165, 1.54) is 5.56 Å². The Balaban J connectivity index is 1.30. The number of nitrogens with zero attached hydrogens (tertiary/aromatic N) is 2. The van der Waals surface area contributed by atoms with Crippen LogP contribution in [-0.2, 0) is 15.0 Å². The van der Waals surface area contributed by atoms with E-state index in [0.29, 0.717) is 18.9 Å². The van der Waals surface area contributed by atoms with Gasteiger partial charge in [-0.25, -0.2) is 0 Å². The normalized spacial score (nSPS) is 16.5. The predicted molar refractivity (Wildman–Crippen MR) is 161 cm³/mol. The van der Waals surface area contributed by atoms with E-state index in [1.54, 1.807) is 0 Å². The molecule has 2 saturated heterocycles. The monoisotopic (exact) mass is 554 g/mol. The summed E-state index contributed by atoms with van der Waals surface area (Å²) in [5.41, 5.74) is 2.66. The van der Waals surface area contributed by atoms with Crippen LogP contribution in [-0.4, -0.2) is 66.1 Å². The molecule has 0 spiro atoms. The van der Waals surface area contributed by atoms with Gasteiger partial charge >= 0.3 is 5.97 Å². The summed E-state index contributed by atoms with van der Waals surface area (Å²) in [6.45, 7) is 4.87. The summed E-state index contributed by atoms with van der Waals surface area (Å²) in [7, 11) is 0. The molecule has 3 aromatic rings. The summed E-state index contributed by atoms with van der Waals surface area (Å²) in [6, 6.07) is 29.0. The molecule has 0 atom stereocenters. The van der Waals surface area contributed by atoms with Crippen molar-refractivity contribution in [1.82, 2.24) is 9.80 Å². The van der Waals surface area contributed by atoms with E-state index in [1.807, 2.05) is 24.3 Å². The van der Waals surface area contributed by atoms with E-state index in [0.717, 1.165) is 81.7 Å². The number of aliphatic carboxylic acids is 1. The number of para-hydroxylation sites is 1. The first-order valence-electron chi connectivity index (χ1n) is 15.1. The maximum atomic E-state index is 14.4. The molecule has 0 aliphatic carbocycles. The van der Waals surface area contributed by atoms with Crippen molar-refractivity contribution in [2.24, 2.45) is 0 Å².